The normalized spacial score (nSPS) is 13.3. The molecule has 1 aromatic carbocycles. The summed E-state index contributed by atoms with van der Waals surface area (Å²) in [6.07, 6.45) is 1.56. The van der Waals surface area contributed by atoms with E-state index in [4.69, 9.17) is 39.5 Å². The maximum Gasteiger partial charge on any atom is 0.274 e. The van der Waals surface area contributed by atoms with Crippen molar-refractivity contribution in [3.8, 4) is 11.7 Å². The third-order valence-electron chi connectivity index (χ3n) is 4.63. The Hall–Kier alpha value is -2.46. The van der Waals surface area contributed by atoms with Crippen molar-refractivity contribution in [3.63, 3.8) is 0 Å². The first-order chi connectivity index (χ1) is 15.9. The topological polar surface area (TPSA) is 98.1 Å². The molecule has 8 nitrogen and oxygen atoms in total. The second kappa shape index (κ2) is 10.2. The van der Waals surface area contributed by atoms with Crippen LogP contribution < -0.4 is 15.4 Å². The van der Waals surface area contributed by atoms with Crippen LogP contribution >= 0.6 is 46.6 Å². The highest BCUT2D eigenvalue weighted by Gasteiger charge is 2.26. The Balaban J connectivity index is 1.73. The van der Waals surface area contributed by atoms with Gasteiger partial charge in [0.05, 0.1) is 21.3 Å². The summed E-state index contributed by atoms with van der Waals surface area (Å²) in [5.41, 5.74) is 0.354. The molecule has 12 heteroatoms. The summed E-state index contributed by atoms with van der Waals surface area (Å²) in [7, 11) is 0. The predicted molar refractivity (Wildman–Crippen MR) is 131 cm³/mol. The quantitative estimate of drug-likeness (QED) is 0.462. The maximum atomic E-state index is 13.3. The van der Waals surface area contributed by atoms with Crippen molar-refractivity contribution in [1.29, 1.82) is 0 Å². The van der Waals surface area contributed by atoms with Gasteiger partial charge in [0.1, 0.15) is 11.8 Å². The number of pyridine rings is 1. The lowest BCUT2D eigenvalue weighted by Crippen LogP contribution is -2.31. The van der Waals surface area contributed by atoms with Gasteiger partial charge in [-0.15, -0.1) is 5.10 Å². The number of carbonyl (C=O) groups is 2. The molecule has 1 aliphatic rings. The SMILES string of the molecule is CCNC(=O)c1cc(Cl)cc(Cl)c1NC(=O)c1cc(OC2CSC2)nn1-c1ncccc1Cl. The van der Waals surface area contributed by atoms with Gasteiger partial charge in [-0.1, -0.05) is 34.8 Å². The lowest BCUT2D eigenvalue weighted by Gasteiger charge is -2.24. The van der Waals surface area contributed by atoms with Gasteiger partial charge in [-0.3, -0.25) is 9.59 Å². The van der Waals surface area contributed by atoms with E-state index in [9.17, 15) is 9.59 Å². The van der Waals surface area contributed by atoms with E-state index in [2.05, 4.69) is 20.7 Å². The number of nitrogens with one attached hydrogen (secondary N) is 2. The molecule has 0 aliphatic carbocycles. The summed E-state index contributed by atoms with van der Waals surface area (Å²) >= 11 is 20.5. The Morgan fingerprint density at radius 3 is 2.64 bits per heavy atom. The fourth-order valence-electron chi connectivity index (χ4n) is 3.04. The van der Waals surface area contributed by atoms with Crippen LogP contribution in [0.3, 0.4) is 0 Å². The smallest absolute Gasteiger partial charge is 0.274 e. The first kappa shape index (κ1) is 23.7. The zero-order valence-electron chi connectivity index (χ0n) is 17.3. The number of ether oxygens (including phenoxy) is 1. The highest BCUT2D eigenvalue weighted by molar-refractivity contribution is 8.00. The van der Waals surface area contributed by atoms with Crippen LogP contribution in [0.25, 0.3) is 5.82 Å². The Kier molecular flexibility index (Phi) is 7.33. The van der Waals surface area contributed by atoms with Gasteiger partial charge in [-0.25, -0.2) is 9.67 Å². The predicted octanol–water partition coefficient (Wildman–Crippen LogP) is 4.72. The fraction of sp³-hybridized carbons (Fsp3) is 0.238. The van der Waals surface area contributed by atoms with E-state index in [-0.39, 0.29) is 44.8 Å². The van der Waals surface area contributed by atoms with E-state index >= 15 is 0 Å². The van der Waals surface area contributed by atoms with Gasteiger partial charge in [-0.05, 0) is 31.2 Å². The Labute approximate surface area is 208 Å². The number of rotatable bonds is 7. The molecule has 172 valence electrons. The first-order valence-corrected chi connectivity index (χ1v) is 12.2. The summed E-state index contributed by atoms with van der Waals surface area (Å²) in [6.45, 7) is 2.17. The van der Waals surface area contributed by atoms with E-state index in [0.29, 0.717) is 11.6 Å². The first-order valence-electron chi connectivity index (χ1n) is 9.91. The summed E-state index contributed by atoms with van der Waals surface area (Å²) in [4.78, 5) is 30.1. The number of anilines is 1. The van der Waals surface area contributed by atoms with Gasteiger partial charge in [0.25, 0.3) is 11.8 Å². The zero-order valence-corrected chi connectivity index (χ0v) is 20.4. The van der Waals surface area contributed by atoms with Gasteiger partial charge >= 0.3 is 0 Å². The van der Waals surface area contributed by atoms with Crippen molar-refractivity contribution >= 4 is 64.1 Å². The van der Waals surface area contributed by atoms with Crippen LogP contribution in [0, 0.1) is 0 Å². The molecule has 4 rings (SSSR count). The lowest BCUT2D eigenvalue weighted by molar-refractivity contribution is 0.0956. The van der Waals surface area contributed by atoms with E-state index < -0.39 is 11.8 Å². The highest BCUT2D eigenvalue weighted by Crippen LogP contribution is 2.32. The van der Waals surface area contributed by atoms with Crippen LogP contribution in [0.4, 0.5) is 5.69 Å². The van der Waals surface area contributed by atoms with E-state index in [1.807, 2.05) is 0 Å². The minimum atomic E-state index is -0.586. The van der Waals surface area contributed by atoms with Gasteiger partial charge in [-0.2, -0.15) is 11.8 Å². The number of nitrogens with zero attached hydrogens (tertiary/aromatic N) is 3. The van der Waals surface area contributed by atoms with Gasteiger partial charge < -0.3 is 15.4 Å². The molecule has 3 aromatic rings. The molecule has 2 amide bonds. The van der Waals surface area contributed by atoms with E-state index in [1.165, 1.54) is 29.1 Å². The number of thioether (sulfide) groups is 1. The van der Waals surface area contributed by atoms with Crippen LogP contribution in [-0.2, 0) is 0 Å². The summed E-state index contributed by atoms with van der Waals surface area (Å²) in [6, 6.07) is 7.68. The van der Waals surface area contributed by atoms with Crippen LogP contribution in [-0.4, -0.2) is 50.7 Å². The summed E-state index contributed by atoms with van der Waals surface area (Å²) in [5.74, 6) is 1.19. The standard InChI is InChI=1S/C21H18Cl3N5O3S/c1-2-25-20(30)13-6-11(22)7-15(24)18(13)27-21(31)16-8-17(32-12-9-33-10-12)28-29(16)19-14(23)4-3-5-26-19/h3-8,12H,2,9-10H2,1H3,(H,25,30)(H,27,31). The molecule has 33 heavy (non-hydrogen) atoms. The molecule has 1 saturated heterocycles. The third-order valence-corrected chi connectivity index (χ3v) is 6.66. The largest absolute Gasteiger partial charge is 0.472 e. The molecule has 0 atom stereocenters. The average Bonchev–Trinajstić information content (AvgIpc) is 3.17. The minimum absolute atomic E-state index is 0.0171. The second-order valence-electron chi connectivity index (χ2n) is 6.99. The monoisotopic (exact) mass is 525 g/mol. The van der Waals surface area contributed by atoms with Crippen LogP contribution in [0.5, 0.6) is 5.88 Å². The Bertz CT molecular complexity index is 1220. The number of aromatic nitrogens is 3. The number of hydrogen-bond donors (Lipinski definition) is 2. The van der Waals surface area contributed by atoms with E-state index in [0.717, 1.165) is 11.5 Å². The molecule has 0 unspecified atom stereocenters. The average molecular weight is 527 g/mol. The molecule has 2 aromatic heterocycles. The molecule has 3 heterocycles. The lowest BCUT2D eigenvalue weighted by atomic mass is 10.1. The van der Waals surface area contributed by atoms with Gasteiger partial charge in [0.2, 0.25) is 5.88 Å². The van der Waals surface area contributed by atoms with Gasteiger partial charge in [0, 0.05) is 35.3 Å². The van der Waals surface area contributed by atoms with Crippen molar-refractivity contribution in [2.45, 2.75) is 13.0 Å². The molecular formula is C21H18Cl3N5O3S. The zero-order chi connectivity index (χ0) is 23.5. The summed E-state index contributed by atoms with van der Waals surface area (Å²) < 4.78 is 7.16. The second-order valence-corrected chi connectivity index (χ2v) is 9.32. The molecular weight excluding hydrogens is 509 g/mol. The van der Waals surface area contributed by atoms with Crippen molar-refractivity contribution in [1.82, 2.24) is 20.1 Å². The number of carbonyl (C=O) groups excluding carboxylic acids is 2. The number of amides is 2. The van der Waals surface area contributed by atoms with Crippen molar-refractivity contribution in [2.24, 2.45) is 0 Å². The van der Waals surface area contributed by atoms with Crippen molar-refractivity contribution < 1.29 is 14.3 Å². The summed E-state index contributed by atoms with van der Waals surface area (Å²) in [5, 5.41) is 10.5. The molecule has 0 radical (unpaired) electrons. The Morgan fingerprint density at radius 1 is 1.18 bits per heavy atom. The Morgan fingerprint density at radius 2 is 1.97 bits per heavy atom. The van der Waals surface area contributed by atoms with Crippen LogP contribution in [0.2, 0.25) is 15.1 Å². The fourth-order valence-corrected chi connectivity index (χ4v) is 4.35. The van der Waals surface area contributed by atoms with E-state index in [1.54, 1.807) is 30.8 Å². The number of hydrogen-bond acceptors (Lipinski definition) is 6. The maximum absolute atomic E-state index is 13.3. The molecule has 2 N–H and O–H groups in total. The van der Waals surface area contributed by atoms with Crippen molar-refractivity contribution in [2.75, 3.05) is 23.4 Å². The number of halogens is 3. The van der Waals surface area contributed by atoms with Crippen molar-refractivity contribution in [3.05, 3.63) is 62.9 Å². The van der Waals surface area contributed by atoms with Gasteiger partial charge in [0.15, 0.2) is 5.82 Å². The van der Waals surface area contributed by atoms with Crippen LogP contribution in [0.1, 0.15) is 27.8 Å². The molecule has 0 spiro atoms. The molecule has 1 aliphatic heterocycles. The molecule has 0 saturated carbocycles. The molecule has 1 fully saturated rings. The highest BCUT2D eigenvalue weighted by atomic mass is 35.5. The number of benzene rings is 1. The minimum Gasteiger partial charge on any atom is -0.472 e. The van der Waals surface area contributed by atoms with Crippen LogP contribution in [0.15, 0.2) is 36.5 Å². The third kappa shape index (κ3) is 5.22. The molecule has 0 bridgehead atoms.